The van der Waals surface area contributed by atoms with Crippen LogP contribution in [0.25, 0.3) is 0 Å². The summed E-state index contributed by atoms with van der Waals surface area (Å²) in [4.78, 5) is 3.95. The van der Waals surface area contributed by atoms with Gasteiger partial charge in [-0.1, -0.05) is 0 Å². The Balaban J connectivity index is 2.96. The Morgan fingerprint density at radius 2 is 2.13 bits per heavy atom. The van der Waals surface area contributed by atoms with Crippen LogP contribution in [0.4, 0.5) is 5.69 Å². The van der Waals surface area contributed by atoms with Crippen molar-refractivity contribution < 1.29 is 13.2 Å². The second-order valence-electron chi connectivity index (χ2n) is 3.40. The molecule has 6 heteroatoms. The number of nitrogens with zero attached hydrogens (tertiary/aromatic N) is 1. The fourth-order valence-electron chi connectivity index (χ4n) is 0.985. The molecular weight excluding hydrogens is 216 g/mol. The van der Waals surface area contributed by atoms with Crippen LogP contribution in [-0.2, 0) is 10.0 Å². The van der Waals surface area contributed by atoms with Crippen LogP contribution in [0.2, 0.25) is 0 Å². The number of hydrogen-bond acceptors (Lipinski definition) is 4. The van der Waals surface area contributed by atoms with Gasteiger partial charge in [-0.15, -0.1) is 0 Å². The highest BCUT2D eigenvalue weighted by Crippen LogP contribution is 2.22. The average Bonchev–Trinajstić information content (AvgIpc) is 2.05. The lowest BCUT2D eigenvalue weighted by Gasteiger charge is -2.12. The molecule has 0 fully saturated rings. The Morgan fingerprint density at radius 1 is 1.47 bits per heavy atom. The number of hydrogen-bond donors (Lipinski definition) is 1. The number of anilines is 1. The van der Waals surface area contributed by atoms with E-state index in [-0.39, 0.29) is 12.0 Å². The van der Waals surface area contributed by atoms with E-state index >= 15 is 0 Å². The van der Waals surface area contributed by atoms with Crippen LogP contribution in [-0.4, -0.2) is 25.8 Å². The fraction of sp³-hybridized carbons (Fsp3) is 0.444. The first-order chi connectivity index (χ1) is 6.88. The van der Waals surface area contributed by atoms with Crippen molar-refractivity contribution in [2.75, 3.05) is 11.0 Å². The molecule has 1 aromatic rings. The second kappa shape index (κ2) is 4.48. The van der Waals surface area contributed by atoms with Crippen molar-refractivity contribution in [3.8, 4) is 5.88 Å². The van der Waals surface area contributed by atoms with Gasteiger partial charge < -0.3 is 4.74 Å². The van der Waals surface area contributed by atoms with E-state index in [2.05, 4.69) is 9.71 Å². The highest BCUT2D eigenvalue weighted by atomic mass is 32.2. The fourth-order valence-corrected chi connectivity index (χ4v) is 1.54. The molecule has 1 heterocycles. The van der Waals surface area contributed by atoms with E-state index in [1.54, 1.807) is 18.3 Å². The van der Waals surface area contributed by atoms with Gasteiger partial charge in [-0.05, 0) is 26.0 Å². The molecule has 0 spiro atoms. The molecule has 84 valence electrons. The van der Waals surface area contributed by atoms with Crippen LogP contribution in [0, 0.1) is 0 Å². The summed E-state index contributed by atoms with van der Waals surface area (Å²) < 4.78 is 29.8. The van der Waals surface area contributed by atoms with Crippen molar-refractivity contribution in [3.63, 3.8) is 0 Å². The first-order valence-corrected chi connectivity index (χ1v) is 6.37. The van der Waals surface area contributed by atoms with Crippen LogP contribution in [0.15, 0.2) is 18.3 Å². The summed E-state index contributed by atoms with van der Waals surface area (Å²) in [6.45, 7) is 3.69. The summed E-state index contributed by atoms with van der Waals surface area (Å²) in [5, 5.41) is 0. The molecule has 0 atom stereocenters. The second-order valence-corrected chi connectivity index (χ2v) is 5.15. The Morgan fingerprint density at radius 3 is 2.67 bits per heavy atom. The van der Waals surface area contributed by atoms with Gasteiger partial charge in [0.05, 0.1) is 12.4 Å². The minimum atomic E-state index is -3.31. The number of aromatic nitrogens is 1. The molecule has 0 bridgehead atoms. The van der Waals surface area contributed by atoms with Gasteiger partial charge in [-0.25, -0.2) is 13.4 Å². The van der Waals surface area contributed by atoms with Crippen molar-refractivity contribution in [2.24, 2.45) is 0 Å². The summed E-state index contributed by atoms with van der Waals surface area (Å²) in [7, 11) is -3.31. The van der Waals surface area contributed by atoms with E-state index in [0.717, 1.165) is 6.26 Å². The molecule has 15 heavy (non-hydrogen) atoms. The van der Waals surface area contributed by atoms with Crippen molar-refractivity contribution in [1.29, 1.82) is 0 Å². The minimum absolute atomic E-state index is 0.0555. The zero-order chi connectivity index (χ0) is 11.5. The lowest BCUT2D eigenvalue weighted by Crippen LogP contribution is -2.13. The standard InChI is InChI=1S/C9H14N2O3S/c1-7(2)14-9-8(5-4-6-10-9)11-15(3,12)13/h4-7,11H,1-3H3. The maximum absolute atomic E-state index is 11.0. The number of nitrogens with one attached hydrogen (secondary N) is 1. The molecule has 0 aliphatic heterocycles. The predicted octanol–water partition coefficient (Wildman–Crippen LogP) is 1.24. The third-order valence-electron chi connectivity index (χ3n) is 1.41. The van der Waals surface area contributed by atoms with Gasteiger partial charge in [0.1, 0.15) is 5.69 Å². The molecule has 1 aromatic heterocycles. The smallest absolute Gasteiger partial charge is 0.238 e. The van der Waals surface area contributed by atoms with Crippen LogP contribution < -0.4 is 9.46 Å². The van der Waals surface area contributed by atoms with Crippen molar-refractivity contribution in [3.05, 3.63) is 18.3 Å². The van der Waals surface area contributed by atoms with Crippen LogP contribution in [0.5, 0.6) is 5.88 Å². The van der Waals surface area contributed by atoms with Gasteiger partial charge in [0.15, 0.2) is 0 Å². The van der Waals surface area contributed by atoms with E-state index in [0.29, 0.717) is 5.69 Å². The van der Waals surface area contributed by atoms with Gasteiger partial charge in [0.2, 0.25) is 15.9 Å². The lowest BCUT2D eigenvalue weighted by atomic mass is 10.4. The molecule has 0 amide bonds. The Hall–Kier alpha value is -1.30. The van der Waals surface area contributed by atoms with Crippen molar-refractivity contribution >= 4 is 15.7 Å². The molecule has 5 nitrogen and oxygen atoms in total. The van der Waals surface area contributed by atoms with Gasteiger partial charge in [-0.3, -0.25) is 4.72 Å². The molecule has 0 aliphatic rings. The molecule has 1 rings (SSSR count). The van der Waals surface area contributed by atoms with Gasteiger partial charge in [0.25, 0.3) is 0 Å². The Labute approximate surface area is 89.5 Å². The minimum Gasteiger partial charge on any atom is -0.473 e. The first-order valence-electron chi connectivity index (χ1n) is 4.48. The highest BCUT2D eigenvalue weighted by Gasteiger charge is 2.10. The van der Waals surface area contributed by atoms with Gasteiger partial charge in [0, 0.05) is 6.20 Å². The molecule has 0 saturated carbocycles. The first kappa shape index (κ1) is 11.8. The Bertz CT molecular complexity index is 429. The van der Waals surface area contributed by atoms with Crippen LogP contribution in [0.3, 0.4) is 0 Å². The average molecular weight is 230 g/mol. The van der Waals surface area contributed by atoms with Crippen LogP contribution in [0.1, 0.15) is 13.8 Å². The molecular formula is C9H14N2O3S. The normalized spacial score (nSPS) is 11.5. The van der Waals surface area contributed by atoms with E-state index in [4.69, 9.17) is 4.74 Å². The van der Waals surface area contributed by atoms with Crippen molar-refractivity contribution in [1.82, 2.24) is 4.98 Å². The lowest BCUT2D eigenvalue weighted by molar-refractivity contribution is 0.234. The third kappa shape index (κ3) is 4.16. The van der Waals surface area contributed by atoms with E-state index < -0.39 is 10.0 Å². The van der Waals surface area contributed by atoms with E-state index in [9.17, 15) is 8.42 Å². The molecule has 0 unspecified atom stereocenters. The number of ether oxygens (including phenoxy) is 1. The largest absolute Gasteiger partial charge is 0.473 e. The number of pyridine rings is 1. The number of sulfonamides is 1. The molecule has 0 aliphatic carbocycles. The number of rotatable bonds is 4. The van der Waals surface area contributed by atoms with Gasteiger partial charge in [-0.2, -0.15) is 0 Å². The quantitative estimate of drug-likeness (QED) is 0.845. The maximum atomic E-state index is 11.0. The third-order valence-corrected chi connectivity index (χ3v) is 2.00. The highest BCUT2D eigenvalue weighted by molar-refractivity contribution is 7.92. The SMILES string of the molecule is CC(C)Oc1ncccc1NS(C)(=O)=O. The topological polar surface area (TPSA) is 68.3 Å². The summed E-state index contributed by atoms with van der Waals surface area (Å²) >= 11 is 0. The van der Waals surface area contributed by atoms with E-state index in [1.807, 2.05) is 13.8 Å². The van der Waals surface area contributed by atoms with Crippen molar-refractivity contribution in [2.45, 2.75) is 20.0 Å². The maximum Gasteiger partial charge on any atom is 0.238 e. The summed E-state index contributed by atoms with van der Waals surface area (Å²) in [5.41, 5.74) is 0.355. The Kier molecular flexibility index (Phi) is 3.52. The van der Waals surface area contributed by atoms with E-state index in [1.165, 1.54) is 0 Å². The summed E-state index contributed by atoms with van der Waals surface area (Å²) in [5.74, 6) is 0.290. The zero-order valence-corrected chi connectivity index (χ0v) is 9.71. The predicted molar refractivity (Wildman–Crippen MR) is 58.5 cm³/mol. The molecule has 0 aromatic carbocycles. The summed E-state index contributed by atoms with van der Waals surface area (Å²) in [6, 6.07) is 3.24. The molecule has 0 radical (unpaired) electrons. The molecule has 0 saturated heterocycles. The monoisotopic (exact) mass is 230 g/mol. The summed E-state index contributed by atoms with van der Waals surface area (Å²) in [6.07, 6.45) is 2.57. The molecule has 1 N–H and O–H groups in total. The van der Waals surface area contributed by atoms with Gasteiger partial charge >= 0.3 is 0 Å². The van der Waals surface area contributed by atoms with Crippen LogP contribution >= 0.6 is 0 Å². The zero-order valence-electron chi connectivity index (χ0n) is 8.89.